The number of sulfonamides is 1. The van der Waals surface area contributed by atoms with Crippen LogP contribution in [0.25, 0.3) is 0 Å². The van der Waals surface area contributed by atoms with Crippen molar-refractivity contribution in [1.82, 2.24) is 10.2 Å². The number of carbonyl (C=O) groups is 2. The highest BCUT2D eigenvalue weighted by molar-refractivity contribution is 7.92. The molecule has 0 aliphatic heterocycles. The Balaban J connectivity index is 2.08. The molecule has 214 valence electrons. The Bertz CT molecular complexity index is 1430. The van der Waals surface area contributed by atoms with Gasteiger partial charge in [0, 0.05) is 13.1 Å². The van der Waals surface area contributed by atoms with Crippen molar-refractivity contribution in [2.24, 2.45) is 0 Å². The highest BCUT2D eigenvalue weighted by Gasteiger charge is 2.35. The Morgan fingerprint density at radius 2 is 1.65 bits per heavy atom. The number of methoxy groups -OCH3 is 1. The third-order valence-electron chi connectivity index (χ3n) is 6.08. The van der Waals surface area contributed by atoms with Gasteiger partial charge in [-0.05, 0) is 61.9 Å². The van der Waals surface area contributed by atoms with Crippen LogP contribution in [0.3, 0.4) is 0 Å². The van der Waals surface area contributed by atoms with E-state index in [1.807, 2.05) is 0 Å². The van der Waals surface area contributed by atoms with E-state index in [0.717, 1.165) is 12.1 Å². The van der Waals surface area contributed by atoms with Gasteiger partial charge in [-0.2, -0.15) is 13.2 Å². The summed E-state index contributed by atoms with van der Waals surface area (Å²) < 4.78 is 73.8. The van der Waals surface area contributed by atoms with Crippen LogP contribution in [-0.2, 0) is 32.3 Å². The summed E-state index contributed by atoms with van der Waals surface area (Å²) in [4.78, 5) is 27.5. The van der Waals surface area contributed by atoms with Crippen molar-refractivity contribution in [3.63, 3.8) is 0 Å². The molecule has 3 rings (SSSR count). The number of rotatable bonds is 11. The number of halogens is 3. The predicted octanol–water partition coefficient (Wildman–Crippen LogP) is 4.46. The summed E-state index contributed by atoms with van der Waals surface area (Å²) in [5.41, 5.74) is -0.825. The minimum absolute atomic E-state index is 0.0872. The van der Waals surface area contributed by atoms with E-state index in [2.05, 4.69) is 5.32 Å². The van der Waals surface area contributed by atoms with Crippen molar-refractivity contribution < 1.29 is 35.9 Å². The van der Waals surface area contributed by atoms with Crippen molar-refractivity contribution in [1.29, 1.82) is 0 Å². The maximum absolute atomic E-state index is 13.8. The average Bonchev–Trinajstić information content (AvgIpc) is 2.94. The lowest BCUT2D eigenvalue weighted by molar-refractivity contribution is -0.139. The summed E-state index contributed by atoms with van der Waals surface area (Å²) in [7, 11) is -3.01. The van der Waals surface area contributed by atoms with Gasteiger partial charge in [-0.3, -0.25) is 13.9 Å². The van der Waals surface area contributed by atoms with Crippen LogP contribution in [0.1, 0.15) is 25.0 Å². The van der Waals surface area contributed by atoms with E-state index < -0.39 is 46.2 Å². The highest BCUT2D eigenvalue weighted by atomic mass is 32.2. The molecule has 0 unspecified atom stereocenters. The number of likely N-dealkylation sites (N-methyl/N-ethyl adjacent to an activating group) is 1. The van der Waals surface area contributed by atoms with Gasteiger partial charge < -0.3 is 15.0 Å². The predicted molar refractivity (Wildman–Crippen MR) is 144 cm³/mol. The van der Waals surface area contributed by atoms with Crippen LogP contribution >= 0.6 is 0 Å². The molecule has 0 spiro atoms. The molecule has 0 saturated heterocycles. The number of alkyl halides is 3. The fourth-order valence-corrected chi connectivity index (χ4v) is 5.38. The Hall–Kier alpha value is -4.06. The monoisotopic (exact) mass is 577 g/mol. The second-order valence-corrected chi connectivity index (χ2v) is 10.7. The molecule has 0 aliphatic rings. The second kappa shape index (κ2) is 12.9. The first-order valence-electron chi connectivity index (χ1n) is 12.3. The van der Waals surface area contributed by atoms with Gasteiger partial charge in [0.15, 0.2) is 0 Å². The van der Waals surface area contributed by atoms with E-state index in [-0.39, 0.29) is 17.1 Å². The molecule has 1 N–H and O–H groups in total. The van der Waals surface area contributed by atoms with Crippen LogP contribution < -0.4 is 14.4 Å². The topological polar surface area (TPSA) is 96.0 Å². The molecule has 40 heavy (non-hydrogen) atoms. The first-order valence-corrected chi connectivity index (χ1v) is 13.8. The molecule has 2 amide bonds. The summed E-state index contributed by atoms with van der Waals surface area (Å²) in [5.74, 6) is -0.762. The van der Waals surface area contributed by atoms with E-state index >= 15 is 0 Å². The Kier molecular flexibility index (Phi) is 9.80. The molecule has 0 radical (unpaired) electrons. The smallest absolute Gasteiger partial charge is 0.416 e. The zero-order valence-electron chi connectivity index (χ0n) is 22.2. The third kappa shape index (κ3) is 7.32. The molecule has 0 aromatic heterocycles. The van der Waals surface area contributed by atoms with Crippen LogP contribution in [0.2, 0.25) is 0 Å². The molecular weight excluding hydrogens is 547 g/mol. The molecule has 12 heteroatoms. The molecule has 3 aromatic rings. The molecule has 0 saturated carbocycles. The maximum Gasteiger partial charge on any atom is 0.416 e. The lowest BCUT2D eigenvalue weighted by atomic mass is 10.1. The zero-order valence-corrected chi connectivity index (χ0v) is 23.0. The number of hydrogen-bond acceptors (Lipinski definition) is 5. The lowest BCUT2D eigenvalue weighted by Gasteiger charge is -2.32. The van der Waals surface area contributed by atoms with Crippen molar-refractivity contribution in [2.45, 2.75) is 37.5 Å². The molecule has 0 bridgehead atoms. The van der Waals surface area contributed by atoms with Crippen LogP contribution in [0.5, 0.6) is 5.75 Å². The zero-order chi connectivity index (χ0) is 29.5. The van der Waals surface area contributed by atoms with Crippen molar-refractivity contribution >= 4 is 27.5 Å². The fraction of sp³-hybridized carbons (Fsp3) is 0.286. The van der Waals surface area contributed by atoms with Gasteiger partial charge in [0.25, 0.3) is 10.0 Å². The van der Waals surface area contributed by atoms with Crippen LogP contribution in [-0.4, -0.2) is 51.4 Å². The summed E-state index contributed by atoms with van der Waals surface area (Å²) in [6.45, 7) is 2.55. The van der Waals surface area contributed by atoms with E-state index in [1.54, 1.807) is 37.3 Å². The molecular formula is C28H30F3N3O5S. The number of ether oxygens (including phenoxy) is 1. The highest BCUT2D eigenvalue weighted by Crippen LogP contribution is 2.33. The SMILES string of the molecule is CCNC(=O)[C@H](C)N(Cc1cccc(OC)c1)C(=O)CN(c1cccc(C(F)(F)F)c1)S(=O)(=O)c1ccccc1. The summed E-state index contributed by atoms with van der Waals surface area (Å²) in [6, 6.07) is 16.6. The van der Waals surface area contributed by atoms with E-state index in [4.69, 9.17) is 4.74 Å². The average molecular weight is 578 g/mol. The Labute approximate surface area is 231 Å². The third-order valence-corrected chi connectivity index (χ3v) is 7.86. The van der Waals surface area contributed by atoms with Crippen LogP contribution in [0.15, 0.2) is 83.8 Å². The van der Waals surface area contributed by atoms with Crippen molar-refractivity contribution in [2.75, 3.05) is 24.5 Å². The van der Waals surface area contributed by atoms with Gasteiger partial charge in [0.1, 0.15) is 18.3 Å². The first-order chi connectivity index (χ1) is 18.9. The van der Waals surface area contributed by atoms with Crippen LogP contribution in [0, 0.1) is 0 Å². The van der Waals surface area contributed by atoms with Crippen molar-refractivity contribution in [3.05, 3.63) is 90.0 Å². The molecule has 0 heterocycles. The standard InChI is InChI=1S/C28H30F3N3O5S/c1-4-32-27(36)20(2)33(18-21-10-8-13-24(16-21)39-3)26(35)19-34(40(37,38)25-14-6-5-7-15-25)23-12-9-11-22(17-23)28(29,30)31/h5-17,20H,4,18-19H2,1-3H3,(H,32,36)/t20-/m0/s1. The number of nitrogens with zero attached hydrogens (tertiary/aromatic N) is 2. The minimum atomic E-state index is -4.74. The first kappa shape index (κ1) is 30.5. The second-order valence-electron chi connectivity index (χ2n) is 8.82. The number of carbonyl (C=O) groups excluding carboxylic acids is 2. The van der Waals surface area contributed by atoms with Crippen LogP contribution in [0.4, 0.5) is 18.9 Å². The number of amides is 2. The summed E-state index contributed by atoms with van der Waals surface area (Å²) in [6.07, 6.45) is -4.74. The quantitative estimate of drug-likeness (QED) is 0.363. The number of anilines is 1. The maximum atomic E-state index is 13.8. The van der Waals surface area contributed by atoms with Gasteiger partial charge in [0.2, 0.25) is 11.8 Å². The molecule has 1 atom stereocenters. The number of nitrogens with one attached hydrogen (secondary N) is 1. The van der Waals surface area contributed by atoms with Gasteiger partial charge in [-0.1, -0.05) is 36.4 Å². The van der Waals surface area contributed by atoms with E-state index in [0.29, 0.717) is 28.2 Å². The van der Waals surface area contributed by atoms with E-state index in [9.17, 15) is 31.2 Å². The molecule has 3 aromatic carbocycles. The number of hydrogen-bond donors (Lipinski definition) is 1. The number of benzene rings is 3. The molecule has 0 aliphatic carbocycles. The lowest BCUT2D eigenvalue weighted by Crippen LogP contribution is -2.51. The normalized spacial score (nSPS) is 12.3. The minimum Gasteiger partial charge on any atom is -0.497 e. The summed E-state index contributed by atoms with van der Waals surface area (Å²) in [5, 5.41) is 2.64. The summed E-state index contributed by atoms with van der Waals surface area (Å²) >= 11 is 0. The van der Waals surface area contributed by atoms with Gasteiger partial charge in [-0.15, -0.1) is 0 Å². The van der Waals surface area contributed by atoms with Gasteiger partial charge in [-0.25, -0.2) is 8.42 Å². The Morgan fingerprint density at radius 1 is 0.975 bits per heavy atom. The molecule has 8 nitrogen and oxygen atoms in total. The fourth-order valence-electron chi connectivity index (χ4n) is 3.96. The Morgan fingerprint density at radius 3 is 2.27 bits per heavy atom. The molecule has 0 fully saturated rings. The van der Waals surface area contributed by atoms with Gasteiger partial charge in [0.05, 0.1) is 23.3 Å². The van der Waals surface area contributed by atoms with Crippen molar-refractivity contribution in [3.8, 4) is 5.75 Å². The van der Waals surface area contributed by atoms with E-state index in [1.165, 1.54) is 49.3 Å². The van der Waals surface area contributed by atoms with Gasteiger partial charge >= 0.3 is 6.18 Å². The largest absolute Gasteiger partial charge is 0.497 e.